The average Bonchev–Trinajstić information content (AvgIpc) is 3.20. The first-order chi connectivity index (χ1) is 11.9. The molecule has 0 saturated heterocycles. The first kappa shape index (κ1) is 17.5. The zero-order valence-electron chi connectivity index (χ0n) is 14.5. The van der Waals surface area contributed by atoms with Crippen LogP contribution in [0.25, 0.3) is 11.1 Å². The van der Waals surface area contributed by atoms with Crippen LogP contribution in [0.5, 0.6) is 0 Å². The van der Waals surface area contributed by atoms with Gasteiger partial charge in [-0.2, -0.15) is 5.10 Å². The Kier molecular flexibility index (Phi) is 4.80. The summed E-state index contributed by atoms with van der Waals surface area (Å²) in [7, 11) is -3.74. The molecule has 2 N–H and O–H groups in total. The third-order valence-electron chi connectivity index (χ3n) is 4.11. The van der Waals surface area contributed by atoms with E-state index in [0.29, 0.717) is 29.3 Å². The van der Waals surface area contributed by atoms with Crippen LogP contribution in [0.4, 0.5) is 5.82 Å². The minimum Gasteiger partial charge on any atom is -0.441 e. The maximum Gasteiger partial charge on any atom is 0.263 e. The lowest BCUT2D eigenvalue weighted by atomic mass is 10.0. The molecule has 0 fully saturated rings. The summed E-state index contributed by atoms with van der Waals surface area (Å²) in [5.41, 5.74) is 2.02. The van der Waals surface area contributed by atoms with Gasteiger partial charge in [-0.15, -0.1) is 0 Å². The van der Waals surface area contributed by atoms with Crippen molar-refractivity contribution in [2.75, 3.05) is 4.72 Å². The summed E-state index contributed by atoms with van der Waals surface area (Å²) in [4.78, 5) is 4.41. The van der Waals surface area contributed by atoms with Gasteiger partial charge in [0.2, 0.25) is 0 Å². The van der Waals surface area contributed by atoms with Gasteiger partial charge in [-0.1, -0.05) is 27.2 Å². The van der Waals surface area contributed by atoms with Crippen molar-refractivity contribution in [2.24, 2.45) is 0 Å². The van der Waals surface area contributed by atoms with Crippen molar-refractivity contribution in [1.29, 1.82) is 0 Å². The number of anilines is 1. The SMILES string of the molecule is CCC[C@H](C)c1cc(NS(=O)(=O)c2ccc3oc(CC)nc3c2)n[nH]1. The van der Waals surface area contributed by atoms with Crippen LogP contribution in [0.2, 0.25) is 0 Å². The quantitative estimate of drug-likeness (QED) is 0.665. The largest absolute Gasteiger partial charge is 0.441 e. The third-order valence-corrected chi connectivity index (χ3v) is 5.46. The summed E-state index contributed by atoms with van der Waals surface area (Å²) >= 11 is 0. The van der Waals surface area contributed by atoms with Crippen LogP contribution in [-0.2, 0) is 16.4 Å². The lowest BCUT2D eigenvalue weighted by Gasteiger charge is -2.06. The Balaban J connectivity index is 1.84. The molecule has 0 aliphatic carbocycles. The predicted molar refractivity (Wildman–Crippen MR) is 96.1 cm³/mol. The van der Waals surface area contributed by atoms with Crippen LogP contribution >= 0.6 is 0 Å². The summed E-state index contributed by atoms with van der Waals surface area (Å²) in [5, 5.41) is 6.96. The lowest BCUT2D eigenvalue weighted by molar-refractivity contribution is 0.538. The van der Waals surface area contributed by atoms with Gasteiger partial charge >= 0.3 is 0 Å². The van der Waals surface area contributed by atoms with Gasteiger partial charge < -0.3 is 4.42 Å². The molecule has 1 aromatic carbocycles. The minimum atomic E-state index is -3.74. The minimum absolute atomic E-state index is 0.127. The number of rotatable bonds is 7. The molecule has 0 aliphatic rings. The summed E-state index contributed by atoms with van der Waals surface area (Å²) in [6, 6.07) is 6.37. The Bertz CT molecular complexity index is 975. The Morgan fingerprint density at radius 2 is 2.08 bits per heavy atom. The third kappa shape index (κ3) is 3.68. The van der Waals surface area contributed by atoms with Crippen molar-refractivity contribution in [3.63, 3.8) is 0 Å². The van der Waals surface area contributed by atoms with Crippen molar-refractivity contribution >= 4 is 26.9 Å². The number of hydrogen-bond acceptors (Lipinski definition) is 5. The number of nitrogens with one attached hydrogen (secondary N) is 2. The fourth-order valence-corrected chi connectivity index (χ4v) is 3.71. The van der Waals surface area contributed by atoms with E-state index in [9.17, 15) is 8.42 Å². The zero-order chi connectivity index (χ0) is 18.0. The highest BCUT2D eigenvalue weighted by Crippen LogP contribution is 2.24. The summed E-state index contributed by atoms with van der Waals surface area (Å²) in [6.07, 6.45) is 2.72. The van der Waals surface area contributed by atoms with Crippen LogP contribution in [0.1, 0.15) is 51.1 Å². The Morgan fingerprint density at radius 1 is 1.28 bits per heavy atom. The predicted octanol–water partition coefficient (Wildman–Crippen LogP) is 3.82. The molecular formula is C17H22N4O3S. The average molecular weight is 362 g/mol. The van der Waals surface area contributed by atoms with Gasteiger partial charge in [-0.25, -0.2) is 13.4 Å². The molecule has 0 spiro atoms. The molecule has 25 heavy (non-hydrogen) atoms. The molecule has 0 saturated carbocycles. The lowest BCUT2D eigenvalue weighted by Crippen LogP contribution is -2.13. The van der Waals surface area contributed by atoms with Crippen molar-refractivity contribution in [1.82, 2.24) is 15.2 Å². The second kappa shape index (κ2) is 6.87. The van der Waals surface area contributed by atoms with Gasteiger partial charge in [0.15, 0.2) is 17.3 Å². The van der Waals surface area contributed by atoms with E-state index in [-0.39, 0.29) is 10.7 Å². The van der Waals surface area contributed by atoms with E-state index < -0.39 is 10.0 Å². The van der Waals surface area contributed by atoms with Gasteiger partial charge in [0, 0.05) is 18.2 Å². The van der Waals surface area contributed by atoms with E-state index in [1.807, 2.05) is 6.92 Å². The topological polar surface area (TPSA) is 101 Å². The molecule has 0 radical (unpaired) electrons. The number of hydrogen-bond donors (Lipinski definition) is 2. The Labute approximate surface area is 146 Å². The van der Waals surface area contributed by atoms with Crippen molar-refractivity contribution in [2.45, 2.75) is 50.8 Å². The number of aromatic amines is 1. The highest BCUT2D eigenvalue weighted by Gasteiger charge is 2.18. The molecule has 8 heteroatoms. The Hall–Kier alpha value is -2.35. The zero-order valence-corrected chi connectivity index (χ0v) is 15.4. The van der Waals surface area contributed by atoms with Crippen LogP contribution in [0, 0.1) is 0 Å². The van der Waals surface area contributed by atoms with E-state index in [1.54, 1.807) is 12.1 Å². The van der Waals surface area contributed by atoms with E-state index in [4.69, 9.17) is 4.42 Å². The summed E-state index contributed by atoms with van der Waals surface area (Å²) < 4.78 is 33.2. The Morgan fingerprint density at radius 3 is 2.80 bits per heavy atom. The van der Waals surface area contributed by atoms with Gasteiger partial charge in [-0.05, 0) is 30.5 Å². The molecule has 2 heterocycles. The van der Waals surface area contributed by atoms with Crippen LogP contribution in [-0.4, -0.2) is 23.6 Å². The first-order valence-electron chi connectivity index (χ1n) is 8.40. The molecule has 0 aliphatic heterocycles. The molecule has 3 aromatic rings. The maximum atomic E-state index is 12.6. The fraction of sp³-hybridized carbons (Fsp3) is 0.412. The summed E-state index contributed by atoms with van der Waals surface area (Å²) in [5.74, 6) is 1.17. The van der Waals surface area contributed by atoms with Crippen LogP contribution in [0.3, 0.4) is 0 Å². The van der Waals surface area contributed by atoms with Gasteiger partial charge in [0.05, 0.1) is 4.90 Å². The van der Waals surface area contributed by atoms with E-state index in [1.165, 1.54) is 12.1 Å². The number of fused-ring (bicyclic) bond motifs is 1. The van der Waals surface area contributed by atoms with Crippen LogP contribution in [0.15, 0.2) is 33.6 Å². The number of H-pyrrole nitrogens is 1. The molecule has 1 atom stereocenters. The highest BCUT2D eigenvalue weighted by molar-refractivity contribution is 7.92. The fourth-order valence-electron chi connectivity index (χ4n) is 2.70. The van der Waals surface area contributed by atoms with Gasteiger partial charge in [0.1, 0.15) is 5.52 Å². The molecule has 7 nitrogen and oxygen atoms in total. The smallest absolute Gasteiger partial charge is 0.263 e. The van der Waals surface area contributed by atoms with Gasteiger partial charge in [0.25, 0.3) is 10.0 Å². The number of aryl methyl sites for hydroxylation is 1. The summed E-state index contributed by atoms with van der Waals surface area (Å²) in [6.45, 7) is 6.12. The number of oxazole rings is 1. The molecule has 0 bridgehead atoms. The molecule has 134 valence electrons. The standard InChI is InChI=1S/C17H22N4O3S/c1-4-6-11(3)13-10-16(20-19-13)21-25(22,23)12-7-8-15-14(9-12)18-17(5-2)24-15/h7-11H,4-6H2,1-3H3,(H2,19,20,21)/t11-/m0/s1. The number of aromatic nitrogens is 3. The first-order valence-corrected chi connectivity index (χ1v) is 9.88. The monoisotopic (exact) mass is 362 g/mol. The van der Waals surface area contributed by atoms with Gasteiger partial charge in [-0.3, -0.25) is 9.82 Å². The van der Waals surface area contributed by atoms with Crippen molar-refractivity contribution < 1.29 is 12.8 Å². The normalized spacial score (nSPS) is 13.2. The maximum absolute atomic E-state index is 12.6. The molecule has 0 unspecified atom stereocenters. The number of sulfonamides is 1. The van der Waals surface area contributed by atoms with E-state index >= 15 is 0 Å². The van der Waals surface area contributed by atoms with Crippen molar-refractivity contribution in [3.05, 3.63) is 35.9 Å². The number of nitrogens with zero attached hydrogens (tertiary/aromatic N) is 2. The van der Waals surface area contributed by atoms with E-state index in [0.717, 1.165) is 18.5 Å². The highest BCUT2D eigenvalue weighted by atomic mass is 32.2. The number of benzene rings is 1. The van der Waals surface area contributed by atoms with Crippen LogP contribution < -0.4 is 4.72 Å². The van der Waals surface area contributed by atoms with E-state index in [2.05, 4.69) is 33.8 Å². The molecule has 2 aromatic heterocycles. The second-order valence-electron chi connectivity index (χ2n) is 6.09. The molecule has 0 amide bonds. The second-order valence-corrected chi connectivity index (χ2v) is 7.78. The van der Waals surface area contributed by atoms with Crippen molar-refractivity contribution in [3.8, 4) is 0 Å². The molecule has 3 rings (SSSR count). The molecular weight excluding hydrogens is 340 g/mol.